The first-order valence-electron chi connectivity index (χ1n) is 5.91. The first kappa shape index (κ1) is 13.9. The van der Waals surface area contributed by atoms with Gasteiger partial charge in [0.2, 0.25) is 0 Å². The molecule has 1 atom stereocenters. The molecule has 0 saturated carbocycles. The number of hydrogen-bond acceptors (Lipinski definition) is 5. The van der Waals surface area contributed by atoms with Crippen LogP contribution >= 0.6 is 0 Å². The Kier molecular flexibility index (Phi) is 3.91. The number of Topliss-reactive ketones (excluding diaryl/α,β-unsaturated/α-hetero) is 1. The van der Waals surface area contributed by atoms with E-state index >= 15 is 0 Å². The normalized spacial score (nSPS) is 12.1. The van der Waals surface area contributed by atoms with E-state index in [1.165, 1.54) is 31.4 Å². The average Bonchev–Trinajstić information content (AvgIpc) is 2.41. The summed E-state index contributed by atoms with van der Waals surface area (Å²) < 4.78 is 5.17. The summed E-state index contributed by atoms with van der Waals surface area (Å²) in [6.45, 7) is 0. The second-order valence-electron chi connectivity index (χ2n) is 4.27. The number of hydrogen-bond donors (Lipinski definition) is 3. The van der Waals surface area contributed by atoms with Crippen LogP contribution in [0.1, 0.15) is 22.0 Å². The van der Waals surface area contributed by atoms with Gasteiger partial charge in [-0.3, -0.25) is 4.79 Å². The van der Waals surface area contributed by atoms with E-state index in [4.69, 9.17) is 4.74 Å². The Hall–Kier alpha value is -2.53. The lowest BCUT2D eigenvalue weighted by Crippen LogP contribution is -2.15. The van der Waals surface area contributed by atoms with Crippen LogP contribution in [0.3, 0.4) is 0 Å². The first-order chi connectivity index (χ1) is 9.52. The molecule has 0 saturated heterocycles. The molecule has 0 spiro atoms. The molecule has 2 rings (SSSR count). The molecule has 5 heteroatoms. The van der Waals surface area contributed by atoms with Gasteiger partial charge in [-0.25, -0.2) is 0 Å². The first-order valence-corrected chi connectivity index (χ1v) is 5.91. The van der Waals surface area contributed by atoms with Crippen molar-refractivity contribution in [2.24, 2.45) is 0 Å². The van der Waals surface area contributed by atoms with Crippen LogP contribution in [0.5, 0.6) is 17.2 Å². The summed E-state index contributed by atoms with van der Waals surface area (Å²) in [5.74, 6) is -0.785. The Labute approximate surface area is 115 Å². The maximum absolute atomic E-state index is 12.4. The quantitative estimate of drug-likeness (QED) is 0.745. The summed E-state index contributed by atoms with van der Waals surface area (Å²) in [7, 11) is 1.38. The van der Waals surface area contributed by atoms with Crippen molar-refractivity contribution in [2.45, 2.75) is 6.10 Å². The summed E-state index contributed by atoms with van der Waals surface area (Å²) in [6.07, 6.45) is -0.897. The number of ketones is 1. The van der Waals surface area contributed by atoms with Gasteiger partial charge in [-0.2, -0.15) is 0 Å². The van der Waals surface area contributed by atoms with E-state index < -0.39 is 11.9 Å². The maximum atomic E-state index is 12.4. The predicted octanol–water partition coefficient (Wildman–Crippen LogP) is 2.37. The van der Waals surface area contributed by atoms with Crippen molar-refractivity contribution in [1.82, 2.24) is 0 Å². The summed E-state index contributed by atoms with van der Waals surface area (Å²) in [5.41, 5.74) is 0.616. The molecule has 5 nitrogen and oxygen atoms in total. The lowest BCUT2D eigenvalue weighted by molar-refractivity contribution is 0.0601. The zero-order valence-electron chi connectivity index (χ0n) is 10.8. The van der Waals surface area contributed by atoms with Gasteiger partial charge >= 0.3 is 0 Å². The standard InChI is InChI=1S/C15H14O5/c1-20-15(9-2-4-10(16)5-3-9)14(19)12-7-6-11(17)8-13(12)18/h2-8,15-18H,1H3/t15-/m1/s1. The SMILES string of the molecule is CO[C@@H](C(=O)c1ccc(O)cc1O)c1ccc(O)cc1. The van der Waals surface area contributed by atoms with Gasteiger partial charge in [-0.1, -0.05) is 12.1 Å². The molecule has 0 aliphatic heterocycles. The van der Waals surface area contributed by atoms with Gasteiger partial charge in [0.1, 0.15) is 23.4 Å². The molecule has 0 radical (unpaired) electrons. The highest BCUT2D eigenvalue weighted by Crippen LogP contribution is 2.29. The predicted molar refractivity (Wildman–Crippen MR) is 72.0 cm³/mol. The van der Waals surface area contributed by atoms with Gasteiger partial charge in [0.15, 0.2) is 5.78 Å². The zero-order chi connectivity index (χ0) is 14.7. The third-order valence-corrected chi connectivity index (χ3v) is 2.92. The smallest absolute Gasteiger partial charge is 0.199 e. The van der Waals surface area contributed by atoms with Crippen molar-refractivity contribution >= 4 is 5.78 Å². The Balaban J connectivity index is 2.36. The second-order valence-corrected chi connectivity index (χ2v) is 4.27. The number of phenols is 3. The van der Waals surface area contributed by atoms with Crippen molar-refractivity contribution in [3.8, 4) is 17.2 Å². The van der Waals surface area contributed by atoms with Gasteiger partial charge < -0.3 is 20.1 Å². The van der Waals surface area contributed by atoms with E-state index in [0.29, 0.717) is 5.56 Å². The van der Waals surface area contributed by atoms with Gasteiger partial charge in [-0.15, -0.1) is 0 Å². The van der Waals surface area contributed by atoms with Crippen molar-refractivity contribution in [2.75, 3.05) is 7.11 Å². The number of carbonyl (C=O) groups is 1. The maximum Gasteiger partial charge on any atom is 0.199 e. The van der Waals surface area contributed by atoms with Gasteiger partial charge in [0.25, 0.3) is 0 Å². The number of ether oxygens (including phenoxy) is 1. The van der Waals surface area contributed by atoms with Gasteiger partial charge in [0.05, 0.1) is 5.56 Å². The minimum atomic E-state index is -0.897. The Morgan fingerprint density at radius 3 is 2.15 bits per heavy atom. The van der Waals surface area contributed by atoms with Crippen LogP contribution in [0.2, 0.25) is 0 Å². The molecule has 3 N–H and O–H groups in total. The molecule has 0 heterocycles. The molecular weight excluding hydrogens is 260 g/mol. The average molecular weight is 274 g/mol. The molecule has 0 bridgehead atoms. The molecule has 2 aromatic carbocycles. The molecule has 0 aliphatic carbocycles. The number of carbonyl (C=O) groups excluding carboxylic acids is 1. The van der Waals surface area contributed by atoms with Crippen molar-refractivity contribution in [1.29, 1.82) is 0 Å². The number of rotatable bonds is 4. The van der Waals surface area contributed by atoms with E-state index in [1.807, 2.05) is 0 Å². The van der Waals surface area contributed by atoms with E-state index in [2.05, 4.69) is 0 Å². The molecule has 0 amide bonds. The van der Waals surface area contributed by atoms with Crippen molar-refractivity contribution in [3.63, 3.8) is 0 Å². The van der Waals surface area contributed by atoms with Crippen molar-refractivity contribution < 1.29 is 24.9 Å². The fourth-order valence-electron chi connectivity index (χ4n) is 1.91. The molecule has 0 aliphatic rings. The molecule has 104 valence electrons. The number of benzene rings is 2. The lowest BCUT2D eigenvalue weighted by Gasteiger charge is -2.15. The molecule has 0 aromatic heterocycles. The third kappa shape index (κ3) is 2.73. The molecule has 0 fully saturated rings. The zero-order valence-corrected chi connectivity index (χ0v) is 10.8. The summed E-state index contributed by atoms with van der Waals surface area (Å²) in [5, 5.41) is 28.2. The Bertz CT molecular complexity index is 619. The summed E-state index contributed by atoms with van der Waals surface area (Å²) in [6, 6.07) is 9.78. The number of phenolic OH excluding ortho intramolecular Hbond substituents is 3. The molecule has 0 unspecified atom stereocenters. The van der Waals surface area contributed by atoms with Crippen LogP contribution in [-0.4, -0.2) is 28.2 Å². The van der Waals surface area contributed by atoms with Crippen LogP contribution in [0.15, 0.2) is 42.5 Å². The number of methoxy groups -OCH3 is 1. The fraction of sp³-hybridized carbons (Fsp3) is 0.133. The monoisotopic (exact) mass is 274 g/mol. The Morgan fingerprint density at radius 1 is 1.00 bits per heavy atom. The van der Waals surface area contributed by atoms with E-state index in [-0.39, 0.29) is 22.8 Å². The van der Waals surface area contributed by atoms with Crippen LogP contribution in [0, 0.1) is 0 Å². The van der Waals surface area contributed by atoms with Crippen molar-refractivity contribution in [3.05, 3.63) is 53.6 Å². The topological polar surface area (TPSA) is 87.0 Å². The van der Waals surface area contributed by atoms with Gasteiger partial charge in [0, 0.05) is 13.2 Å². The summed E-state index contributed by atoms with van der Waals surface area (Å²) >= 11 is 0. The highest BCUT2D eigenvalue weighted by molar-refractivity contribution is 6.02. The third-order valence-electron chi connectivity index (χ3n) is 2.92. The van der Waals surface area contributed by atoms with E-state index in [1.54, 1.807) is 12.1 Å². The summed E-state index contributed by atoms with van der Waals surface area (Å²) in [4.78, 5) is 12.4. The molecular formula is C15H14O5. The van der Waals surface area contributed by atoms with Crippen LogP contribution in [0.4, 0.5) is 0 Å². The number of aromatic hydroxyl groups is 3. The van der Waals surface area contributed by atoms with E-state index in [9.17, 15) is 20.1 Å². The lowest BCUT2D eigenvalue weighted by atomic mass is 9.99. The highest BCUT2D eigenvalue weighted by Gasteiger charge is 2.24. The minimum absolute atomic E-state index is 0.0581. The minimum Gasteiger partial charge on any atom is -0.508 e. The largest absolute Gasteiger partial charge is 0.508 e. The van der Waals surface area contributed by atoms with Gasteiger partial charge in [-0.05, 0) is 29.8 Å². The molecule has 2 aromatic rings. The van der Waals surface area contributed by atoms with Crippen LogP contribution in [-0.2, 0) is 4.74 Å². The highest BCUT2D eigenvalue weighted by atomic mass is 16.5. The van der Waals surface area contributed by atoms with E-state index in [0.717, 1.165) is 6.07 Å². The fourth-order valence-corrected chi connectivity index (χ4v) is 1.91. The second kappa shape index (κ2) is 5.63. The molecule has 20 heavy (non-hydrogen) atoms. The van der Waals surface area contributed by atoms with Crippen LogP contribution in [0.25, 0.3) is 0 Å². The Morgan fingerprint density at radius 2 is 1.60 bits per heavy atom. The van der Waals surface area contributed by atoms with Crippen LogP contribution < -0.4 is 0 Å².